The summed E-state index contributed by atoms with van der Waals surface area (Å²) >= 11 is 0. The van der Waals surface area contributed by atoms with Gasteiger partial charge in [0.1, 0.15) is 0 Å². The molecule has 0 bridgehead atoms. The van der Waals surface area contributed by atoms with Gasteiger partial charge in [-0.1, -0.05) is 37.3 Å². The average Bonchev–Trinajstić information content (AvgIpc) is 2.73. The maximum Gasteiger partial charge on any atom is 0.282 e. The molecule has 2 aromatic carbocycles. The number of carbonyl (C=O) groups excluding carboxylic acids is 1. The van der Waals surface area contributed by atoms with E-state index in [4.69, 9.17) is 0 Å². The first-order valence-corrected chi connectivity index (χ1v) is 11.4. The fourth-order valence-corrected chi connectivity index (χ4v) is 5.31. The van der Waals surface area contributed by atoms with Crippen molar-refractivity contribution in [1.29, 1.82) is 0 Å². The third-order valence-electron chi connectivity index (χ3n) is 5.52. The van der Waals surface area contributed by atoms with Crippen LogP contribution in [0.25, 0.3) is 0 Å². The van der Waals surface area contributed by atoms with Crippen LogP contribution in [-0.4, -0.2) is 43.1 Å². The molecule has 156 valence electrons. The third-order valence-corrected chi connectivity index (χ3v) is 7.55. The van der Waals surface area contributed by atoms with E-state index < -0.39 is 10.2 Å². The number of hydrogen-bond acceptors (Lipinski definition) is 3. The van der Waals surface area contributed by atoms with Gasteiger partial charge in [-0.3, -0.25) is 4.79 Å². The summed E-state index contributed by atoms with van der Waals surface area (Å²) in [6.07, 6.45) is 1.96. The quantitative estimate of drug-likeness (QED) is 0.778. The summed E-state index contributed by atoms with van der Waals surface area (Å²) in [6, 6.07) is 16.0. The van der Waals surface area contributed by atoms with Gasteiger partial charge in [-0.15, -0.1) is 0 Å². The van der Waals surface area contributed by atoms with E-state index in [0.29, 0.717) is 30.3 Å². The number of rotatable bonds is 6. The molecule has 0 spiro atoms. The standard InChI is InChI=1S/C22H29N3O3S/c1-17-9-8-14-25(16-17)29(27,28)24(3)18(2)20-12-7-13-21(15-20)23-22(26)19-10-5-4-6-11-19/h4-7,10-13,15,17-18H,8-9,14,16H2,1-3H3,(H,23,26). The predicted molar refractivity (Wildman–Crippen MR) is 116 cm³/mol. The van der Waals surface area contributed by atoms with Crippen molar-refractivity contribution in [3.8, 4) is 0 Å². The topological polar surface area (TPSA) is 69.7 Å². The second-order valence-corrected chi connectivity index (χ2v) is 9.74. The van der Waals surface area contributed by atoms with Crippen molar-refractivity contribution in [3.05, 3.63) is 65.7 Å². The van der Waals surface area contributed by atoms with E-state index in [1.807, 2.05) is 43.3 Å². The van der Waals surface area contributed by atoms with Crippen molar-refractivity contribution in [3.63, 3.8) is 0 Å². The lowest BCUT2D eigenvalue weighted by Crippen LogP contribution is -2.46. The summed E-state index contributed by atoms with van der Waals surface area (Å²) in [7, 11) is -1.92. The zero-order valence-corrected chi connectivity index (χ0v) is 18.0. The third kappa shape index (κ3) is 5.04. The minimum atomic E-state index is -3.54. The van der Waals surface area contributed by atoms with E-state index in [-0.39, 0.29) is 11.9 Å². The number of benzene rings is 2. The van der Waals surface area contributed by atoms with Crippen molar-refractivity contribution in [2.75, 3.05) is 25.5 Å². The molecule has 0 aliphatic carbocycles. The van der Waals surface area contributed by atoms with Crippen LogP contribution < -0.4 is 5.32 Å². The first-order valence-electron chi connectivity index (χ1n) is 9.98. The van der Waals surface area contributed by atoms with Gasteiger partial charge >= 0.3 is 0 Å². The van der Waals surface area contributed by atoms with Gasteiger partial charge in [-0.2, -0.15) is 17.0 Å². The number of nitrogens with zero attached hydrogens (tertiary/aromatic N) is 2. The van der Waals surface area contributed by atoms with Crippen LogP contribution in [-0.2, 0) is 10.2 Å². The Balaban J connectivity index is 1.74. The lowest BCUT2D eigenvalue weighted by Gasteiger charge is -2.35. The maximum atomic E-state index is 13.1. The highest BCUT2D eigenvalue weighted by Crippen LogP contribution is 2.28. The van der Waals surface area contributed by atoms with E-state index in [1.54, 1.807) is 29.6 Å². The Labute approximate surface area is 173 Å². The summed E-state index contributed by atoms with van der Waals surface area (Å²) in [4.78, 5) is 12.4. The summed E-state index contributed by atoms with van der Waals surface area (Å²) in [6.45, 7) is 5.08. The number of amides is 1. The van der Waals surface area contributed by atoms with E-state index in [2.05, 4.69) is 12.2 Å². The Morgan fingerprint density at radius 3 is 2.59 bits per heavy atom. The van der Waals surface area contributed by atoms with Gasteiger partial charge in [0.05, 0.1) is 0 Å². The Bertz CT molecular complexity index is 947. The van der Waals surface area contributed by atoms with Crippen LogP contribution >= 0.6 is 0 Å². The molecule has 6 nitrogen and oxygen atoms in total. The molecule has 1 fully saturated rings. The summed E-state index contributed by atoms with van der Waals surface area (Å²) in [5.74, 6) is 0.178. The number of anilines is 1. The molecule has 1 N–H and O–H groups in total. The molecule has 0 radical (unpaired) electrons. The Morgan fingerprint density at radius 2 is 1.90 bits per heavy atom. The first-order chi connectivity index (χ1) is 13.8. The Morgan fingerprint density at radius 1 is 1.17 bits per heavy atom. The number of nitrogens with one attached hydrogen (secondary N) is 1. The smallest absolute Gasteiger partial charge is 0.282 e. The highest BCUT2D eigenvalue weighted by Gasteiger charge is 2.33. The molecular formula is C22H29N3O3S. The lowest BCUT2D eigenvalue weighted by atomic mass is 10.0. The van der Waals surface area contributed by atoms with Crippen LogP contribution in [0.15, 0.2) is 54.6 Å². The summed E-state index contributed by atoms with van der Waals surface area (Å²) in [5.41, 5.74) is 2.04. The highest BCUT2D eigenvalue weighted by molar-refractivity contribution is 7.86. The van der Waals surface area contributed by atoms with Crippen molar-refractivity contribution in [2.45, 2.75) is 32.7 Å². The van der Waals surface area contributed by atoms with Crippen LogP contribution in [0.4, 0.5) is 5.69 Å². The number of hydrogen-bond donors (Lipinski definition) is 1. The SMILES string of the molecule is CC1CCCN(S(=O)(=O)N(C)C(C)c2cccc(NC(=O)c3ccccc3)c2)C1. The van der Waals surface area contributed by atoms with Crippen LogP contribution in [0.5, 0.6) is 0 Å². The minimum absolute atomic E-state index is 0.196. The molecule has 3 rings (SSSR count). The molecule has 0 aromatic heterocycles. The van der Waals surface area contributed by atoms with Gasteiger partial charge in [0, 0.05) is 37.4 Å². The zero-order chi connectivity index (χ0) is 21.0. The Kier molecular flexibility index (Phi) is 6.72. The molecule has 7 heteroatoms. The molecule has 1 heterocycles. The van der Waals surface area contributed by atoms with Crippen LogP contribution in [0, 0.1) is 5.92 Å². The molecule has 1 saturated heterocycles. The van der Waals surface area contributed by atoms with Crippen molar-refractivity contribution in [2.24, 2.45) is 5.92 Å². The fraction of sp³-hybridized carbons (Fsp3) is 0.409. The maximum absolute atomic E-state index is 13.1. The minimum Gasteiger partial charge on any atom is -0.322 e. The molecular weight excluding hydrogens is 386 g/mol. The molecule has 2 atom stereocenters. The van der Waals surface area contributed by atoms with Gasteiger partial charge in [0.25, 0.3) is 16.1 Å². The number of carbonyl (C=O) groups is 1. The van der Waals surface area contributed by atoms with Gasteiger partial charge in [-0.25, -0.2) is 0 Å². The van der Waals surface area contributed by atoms with Crippen molar-refractivity contribution in [1.82, 2.24) is 8.61 Å². The molecule has 2 unspecified atom stereocenters. The summed E-state index contributed by atoms with van der Waals surface area (Å²) < 4.78 is 29.2. The molecule has 1 aliphatic rings. The van der Waals surface area contributed by atoms with Crippen molar-refractivity contribution < 1.29 is 13.2 Å². The second-order valence-electron chi connectivity index (χ2n) is 7.75. The molecule has 1 aliphatic heterocycles. The first kappa shape index (κ1) is 21.5. The van der Waals surface area contributed by atoms with E-state index in [0.717, 1.165) is 18.4 Å². The zero-order valence-electron chi connectivity index (χ0n) is 17.2. The van der Waals surface area contributed by atoms with E-state index in [1.165, 1.54) is 4.31 Å². The van der Waals surface area contributed by atoms with Crippen LogP contribution in [0.3, 0.4) is 0 Å². The molecule has 1 amide bonds. The van der Waals surface area contributed by atoms with Gasteiger partial charge in [0.2, 0.25) is 0 Å². The van der Waals surface area contributed by atoms with Crippen molar-refractivity contribution >= 4 is 21.8 Å². The van der Waals surface area contributed by atoms with E-state index in [9.17, 15) is 13.2 Å². The Hall–Kier alpha value is -2.22. The fourth-order valence-electron chi connectivity index (χ4n) is 3.62. The molecule has 2 aromatic rings. The second kappa shape index (κ2) is 9.07. The average molecular weight is 416 g/mol. The molecule has 29 heavy (non-hydrogen) atoms. The summed E-state index contributed by atoms with van der Waals surface area (Å²) in [5, 5.41) is 2.88. The van der Waals surface area contributed by atoms with Gasteiger partial charge < -0.3 is 5.32 Å². The largest absolute Gasteiger partial charge is 0.322 e. The van der Waals surface area contributed by atoms with Gasteiger partial charge in [-0.05, 0) is 55.5 Å². The van der Waals surface area contributed by atoms with Crippen LogP contribution in [0.1, 0.15) is 48.7 Å². The van der Waals surface area contributed by atoms with Gasteiger partial charge in [0.15, 0.2) is 0 Å². The lowest BCUT2D eigenvalue weighted by molar-refractivity contribution is 0.102. The molecule has 0 saturated carbocycles. The number of piperidine rings is 1. The predicted octanol–water partition coefficient (Wildman–Crippen LogP) is 3.91. The highest BCUT2D eigenvalue weighted by atomic mass is 32.2. The monoisotopic (exact) mass is 415 g/mol. The van der Waals surface area contributed by atoms with Crippen LogP contribution in [0.2, 0.25) is 0 Å². The van der Waals surface area contributed by atoms with E-state index >= 15 is 0 Å². The normalized spacial score (nSPS) is 19.1.